The minimum Gasteiger partial charge on any atom is -0.492 e. The molecule has 0 amide bonds. The molecule has 26 heavy (non-hydrogen) atoms. The summed E-state index contributed by atoms with van der Waals surface area (Å²) >= 11 is 0. The molecule has 0 bridgehead atoms. The van der Waals surface area contributed by atoms with Crippen LogP contribution < -0.4 is 4.74 Å². The van der Waals surface area contributed by atoms with Crippen molar-refractivity contribution in [3.63, 3.8) is 0 Å². The first-order chi connectivity index (χ1) is 12.7. The number of hydrogen-bond acceptors (Lipinski definition) is 5. The smallest absolute Gasteiger partial charge is 0.217 e. The maximum Gasteiger partial charge on any atom is 0.217 e. The van der Waals surface area contributed by atoms with E-state index < -0.39 is 0 Å². The Morgan fingerprint density at radius 1 is 1.23 bits per heavy atom. The number of pyridine rings is 1. The highest BCUT2D eigenvalue weighted by Gasteiger charge is 2.14. The molecule has 6 nitrogen and oxygen atoms in total. The largest absolute Gasteiger partial charge is 0.492 e. The Morgan fingerprint density at radius 3 is 2.69 bits per heavy atom. The Hall–Kier alpha value is -3.59. The Balaban J connectivity index is 1.91. The van der Waals surface area contributed by atoms with Crippen molar-refractivity contribution in [1.82, 2.24) is 14.8 Å². The standard InChI is InChI=1S/C20H18N4O2/c1-3-25-15(2)19-12-20(26-14-17-6-4-5-11-22-17)24(23-19)18-9-7-16(13-21)8-10-18/h4-12H,2-3,14H2,1H3. The van der Waals surface area contributed by atoms with E-state index in [4.69, 9.17) is 14.7 Å². The molecule has 130 valence electrons. The fourth-order valence-corrected chi connectivity index (χ4v) is 2.34. The van der Waals surface area contributed by atoms with Crippen molar-refractivity contribution in [2.75, 3.05) is 6.61 Å². The number of benzene rings is 1. The zero-order valence-corrected chi connectivity index (χ0v) is 14.4. The Kier molecular flexibility index (Phi) is 5.30. The van der Waals surface area contributed by atoms with Crippen LogP contribution in [0.5, 0.6) is 5.88 Å². The van der Waals surface area contributed by atoms with E-state index in [-0.39, 0.29) is 0 Å². The lowest BCUT2D eigenvalue weighted by molar-refractivity contribution is 0.280. The molecule has 0 saturated heterocycles. The summed E-state index contributed by atoms with van der Waals surface area (Å²) in [5, 5.41) is 13.5. The van der Waals surface area contributed by atoms with Crippen LogP contribution in [0.1, 0.15) is 23.9 Å². The lowest BCUT2D eigenvalue weighted by Gasteiger charge is -2.09. The molecule has 6 heteroatoms. The topological polar surface area (TPSA) is 73.0 Å². The molecular weight excluding hydrogens is 328 g/mol. The predicted molar refractivity (Wildman–Crippen MR) is 97.5 cm³/mol. The van der Waals surface area contributed by atoms with Crippen molar-refractivity contribution < 1.29 is 9.47 Å². The van der Waals surface area contributed by atoms with Gasteiger partial charge >= 0.3 is 0 Å². The number of rotatable bonds is 7. The van der Waals surface area contributed by atoms with Gasteiger partial charge in [0.1, 0.15) is 18.1 Å². The molecule has 0 unspecified atom stereocenters. The van der Waals surface area contributed by atoms with Gasteiger partial charge in [-0.05, 0) is 43.3 Å². The Labute approximate surface area is 151 Å². The second kappa shape index (κ2) is 7.99. The van der Waals surface area contributed by atoms with Gasteiger partial charge in [-0.25, -0.2) is 4.68 Å². The highest BCUT2D eigenvalue weighted by molar-refractivity contribution is 5.56. The highest BCUT2D eigenvalue weighted by atomic mass is 16.5. The molecule has 0 fully saturated rings. The molecule has 2 aromatic heterocycles. The molecule has 2 heterocycles. The van der Waals surface area contributed by atoms with Gasteiger partial charge in [-0.1, -0.05) is 12.6 Å². The van der Waals surface area contributed by atoms with Gasteiger partial charge in [0, 0.05) is 12.3 Å². The monoisotopic (exact) mass is 346 g/mol. The van der Waals surface area contributed by atoms with Crippen LogP contribution >= 0.6 is 0 Å². The number of nitrogens with zero attached hydrogens (tertiary/aromatic N) is 4. The summed E-state index contributed by atoms with van der Waals surface area (Å²) in [5.41, 5.74) is 2.75. The molecular formula is C20H18N4O2. The minimum absolute atomic E-state index is 0.309. The summed E-state index contributed by atoms with van der Waals surface area (Å²) in [4.78, 5) is 4.26. The van der Waals surface area contributed by atoms with E-state index in [2.05, 4.69) is 22.7 Å². The summed E-state index contributed by atoms with van der Waals surface area (Å²) < 4.78 is 13.0. The van der Waals surface area contributed by atoms with Gasteiger partial charge in [-0.2, -0.15) is 10.4 Å². The second-order valence-corrected chi connectivity index (χ2v) is 5.40. The summed E-state index contributed by atoms with van der Waals surface area (Å²) in [6.07, 6.45) is 1.72. The van der Waals surface area contributed by atoms with Crippen LogP contribution in [0.3, 0.4) is 0 Å². The third-order valence-electron chi connectivity index (χ3n) is 3.62. The van der Waals surface area contributed by atoms with E-state index in [1.165, 1.54) is 0 Å². The zero-order valence-electron chi connectivity index (χ0n) is 14.4. The fourth-order valence-electron chi connectivity index (χ4n) is 2.34. The molecule has 0 radical (unpaired) electrons. The van der Waals surface area contributed by atoms with Crippen LogP contribution in [0.25, 0.3) is 11.4 Å². The molecule has 0 saturated carbocycles. The Bertz CT molecular complexity index is 925. The maximum atomic E-state index is 8.97. The second-order valence-electron chi connectivity index (χ2n) is 5.40. The zero-order chi connectivity index (χ0) is 18.4. The summed E-state index contributed by atoms with van der Waals surface area (Å²) in [7, 11) is 0. The molecule has 0 spiro atoms. The van der Waals surface area contributed by atoms with Crippen molar-refractivity contribution in [2.45, 2.75) is 13.5 Å². The first-order valence-electron chi connectivity index (χ1n) is 8.16. The molecule has 3 aromatic rings. The van der Waals surface area contributed by atoms with E-state index in [9.17, 15) is 0 Å². The fraction of sp³-hybridized carbons (Fsp3) is 0.150. The van der Waals surface area contributed by atoms with Gasteiger partial charge in [0.25, 0.3) is 0 Å². The number of nitriles is 1. The van der Waals surface area contributed by atoms with Gasteiger partial charge in [0.15, 0.2) is 0 Å². The minimum atomic E-state index is 0.309. The number of ether oxygens (including phenoxy) is 2. The SMILES string of the molecule is C=C(OCC)c1cc(OCc2ccccn2)n(-c2ccc(C#N)cc2)n1. The summed E-state index contributed by atoms with van der Waals surface area (Å²) in [6, 6.07) is 16.6. The van der Waals surface area contributed by atoms with E-state index in [0.717, 1.165) is 11.4 Å². The van der Waals surface area contributed by atoms with Gasteiger partial charge in [-0.15, -0.1) is 0 Å². The van der Waals surface area contributed by atoms with Gasteiger partial charge < -0.3 is 9.47 Å². The lowest BCUT2D eigenvalue weighted by Crippen LogP contribution is -2.04. The first-order valence-corrected chi connectivity index (χ1v) is 8.16. The van der Waals surface area contributed by atoms with E-state index >= 15 is 0 Å². The van der Waals surface area contributed by atoms with Gasteiger partial charge in [0.2, 0.25) is 5.88 Å². The molecule has 0 atom stereocenters. The van der Waals surface area contributed by atoms with Crippen LogP contribution in [-0.4, -0.2) is 21.4 Å². The Morgan fingerprint density at radius 2 is 2.04 bits per heavy atom. The van der Waals surface area contributed by atoms with Crippen LogP contribution in [0.15, 0.2) is 61.3 Å². The molecule has 0 aliphatic heterocycles. The molecule has 0 aliphatic rings. The van der Waals surface area contributed by atoms with Crippen molar-refractivity contribution in [3.05, 3.63) is 78.3 Å². The summed E-state index contributed by atoms with van der Waals surface area (Å²) in [5.74, 6) is 1.01. The molecule has 0 N–H and O–H groups in total. The molecule has 1 aromatic carbocycles. The van der Waals surface area contributed by atoms with E-state index in [1.807, 2.05) is 37.3 Å². The quantitative estimate of drug-likeness (QED) is 0.610. The number of hydrogen-bond donors (Lipinski definition) is 0. The predicted octanol–water partition coefficient (Wildman–Crippen LogP) is 3.73. The average molecular weight is 346 g/mol. The van der Waals surface area contributed by atoms with Crippen LogP contribution in [0.2, 0.25) is 0 Å². The van der Waals surface area contributed by atoms with Gasteiger partial charge in [-0.3, -0.25) is 4.98 Å². The van der Waals surface area contributed by atoms with Crippen LogP contribution in [0.4, 0.5) is 0 Å². The van der Waals surface area contributed by atoms with Crippen LogP contribution in [0, 0.1) is 11.3 Å². The van der Waals surface area contributed by atoms with Gasteiger partial charge in [0.05, 0.1) is 29.6 Å². The highest BCUT2D eigenvalue weighted by Crippen LogP contribution is 2.24. The third kappa shape index (κ3) is 3.90. The maximum absolute atomic E-state index is 8.97. The average Bonchev–Trinajstić information content (AvgIpc) is 3.12. The van der Waals surface area contributed by atoms with Crippen molar-refractivity contribution >= 4 is 5.76 Å². The number of aromatic nitrogens is 3. The van der Waals surface area contributed by atoms with Crippen molar-refractivity contribution in [1.29, 1.82) is 5.26 Å². The van der Waals surface area contributed by atoms with Crippen molar-refractivity contribution in [3.8, 4) is 17.6 Å². The summed E-state index contributed by atoms with van der Waals surface area (Å²) in [6.45, 7) is 6.61. The molecule has 0 aliphatic carbocycles. The lowest BCUT2D eigenvalue weighted by atomic mass is 10.2. The van der Waals surface area contributed by atoms with Crippen LogP contribution in [-0.2, 0) is 11.3 Å². The normalized spacial score (nSPS) is 10.2. The molecule has 3 rings (SSSR count). The van der Waals surface area contributed by atoms with E-state index in [1.54, 1.807) is 29.1 Å². The van der Waals surface area contributed by atoms with E-state index in [0.29, 0.717) is 36.1 Å². The van der Waals surface area contributed by atoms with Crippen molar-refractivity contribution in [2.24, 2.45) is 0 Å². The first kappa shape index (κ1) is 17.2. The third-order valence-corrected chi connectivity index (χ3v) is 3.62.